The Morgan fingerprint density at radius 3 is 1.35 bits per heavy atom. The molecule has 3 aromatic carbocycles. The van der Waals surface area contributed by atoms with Gasteiger partial charge in [0.1, 0.15) is 0 Å². The maximum Gasteiger partial charge on any atom is 0.363 e. The van der Waals surface area contributed by atoms with Crippen molar-refractivity contribution in [2.45, 2.75) is 0 Å². The van der Waals surface area contributed by atoms with Crippen molar-refractivity contribution < 1.29 is 19.1 Å². The lowest BCUT2D eigenvalue weighted by atomic mass is 10.1. The summed E-state index contributed by atoms with van der Waals surface area (Å²) in [7, 11) is 0. The highest BCUT2D eigenvalue weighted by Crippen LogP contribution is 2.25. The van der Waals surface area contributed by atoms with Gasteiger partial charge in [-0.25, -0.2) is 19.6 Å². The van der Waals surface area contributed by atoms with E-state index < -0.39 is 11.9 Å². The van der Waals surface area contributed by atoms with Gasteiger partial charge in [0.2, 0.25) is 11.8 Å². The van der Waals surface area contributed by atoms with Gasteiger partial charge in [0.15, 0.2) is 11.4 Å². The number of hydrogen-bond donors (Lipinski definition) is 0. The van der Waals surface area contributed by atoms with E-state index in [1.54, 1.807) is 84.9 Å². The van der Waals surface area contributed by atoms with Crippen molar-refractivity contribution in [1.82, 2.24) is 0 Å². The molecule has 2 heterocycles. The van der Waals surface area contributed by atoms with Gasteiger partial charge >= 0.3 is 11.9 Å². The summed E-state index contributed by atoms with van der Waals surface area (Å²) in [5, 5.41) is 0.886. The van der Waals surface area contributed by atoms with Crippen LogP contribution in [0.1, 0.15) is 22.3 Å². The first-order valence-corrected chi connectivity index (χ1v) is 10.9. The average molecular weight is 489 g/mol. The monoisotopic (exact) mass is 488 g/mol. The van der Waals surface area contributed by atoms with Crippen LogP contribution >= 0.6 is 23.2 Å². The topological polar surface area (TPSA) is 77.3 Å². The molecule has 0 N–H and O–H groups in total. The van der Waals surface area contributed by atoms with Crippen LogP contribution in [0.25, 0.3) is 12.2 Å². The van der Waals surface area contributed by atoms with E-state index in [0.29, 0.717) is 21.2 Å². The Balaban J connectivity index is 1.37. The van der Waals surface area contributed by atoms with Crippen molar-refractivity contribution in [2.75, 3.05) is 0 Å². The van der Waals surface area contributed by atoms with Gasteiger partial charge in [0.05, 0.1) is 21.2 Å². The fourth-order valence-corrected chi connectivity index (χ4v) is 3.76. The molecule has 8 heteroatoms. The predicted molar refractivity (Wildman–Crippen MR) is 131 cm³/mol. The maximum absolute atomic E-state index is 12.2. The third-order valence-corrected chi connectivity index (χ3v) is 5.65. The fourth-order valence-electron chi connectivity index (χ4n) is 3.32. The van der Waals surface area contributed by atoms with Gasteiger partial charge < -0.3 is 9.47 Å². The summed E-state index contributed by atoms with van der Waals surface area (Å²) in [4.78, 5) is 33.0. The van der Waals surface area contributed by atoms with Crippen molar-refractivity contribution in [3.8, 4) is 0 Å². The number of aliphatic imine (C=N–C) groups is 2. The Kier molecular flexibility index (Phi) is 5.84. The summed E-state index contributed by atoms with van der Waals surface area (Å²) < 4.78 is 10.5. The molecular formula is C26H14Cl2N2O4. The number of ether oxygens (including phenoxy) is 2. The van der Waals surface area contributed by atoms with Crippen molar-refractivity contribution in [3.63, 3.8) is 0 Å². The van der Waals surface area contributed by atoms with Crippen LogP contribution in [-0.4, -0.2) is 23.7 Å². The zero-order chi connectivity index (χ0) is 23.7. The number of hydrogen-bond acceptors (Lipinski definition) is 6. The Labute approximate surface area is 204 Å². The highest BCUT2D eigenvalue weighted by atomic mass is 35.5. The molecule has 0 bridgehead atoms. The predicted octanol–water partition coefficient (Wildman–Crippen LogP) is 5.68. The molecule has 0 unspecified atom stereocenters. The van der Waals surface area contributed by atoms with E-state index in [1.165, 1.54) is 0 Å². The second-order valence-electron chi connectivity index (χ2n) is 7.30. The van der Waals surface area contributed by atoms with Crippen LogP contribution in [0.2, 0.25) is 10.0 Å². The van der Waals surface area contributed by atoms with Gasteiger partial charge in [0, 0.05) is 0 Å². The number of nitrogens with zero attached hydrogens (tertiary/aromatic N) is 2. The molecule has 6 nitrogen and oxygen atoms in total. The van der Waals surface area contributed by atoms with Gasteiger partial charge in [-0.15, -0.1) is 0 Å². The lowest BCUT2D eigenvalue weighted by Crippen LogP contribution is -2.05. The molecule has 3 aromatic rings. The summed E-state index contributed by atoms with van der Waals surface area (Å²) in [5.74, 6) is -0.794. The van der Waals surface area contributed by atoms with Crippen molar-refractivity contribution in [3.05, 3.63) is 116 Å². The molecule has 0 aliphatic carbocycles. The lowest BCUT2D eigenvalue weighted by molar-refractivity contribution is -0.130. The first-order valence-electron chi connectivity index (χ1n) is 10.1. The van der Waals surface area contributed by atoms with Gasteiger partial charge in [-0.3, -0.25) is 0 Å². The van der Waals surface area contributed by atoms with E-state index in [1.807, 2.05) is 0 Å². The third-order valence-electron chi connectivity index (χ3n) is 4.99. The first-order chi connectivity index (χ1) is 16.5. The van der Waals surface area contributed by atoms with E-state index in [0.717, 1.165) is 11.1 Å². The normalized spacial score (nSPS) is 17.6. The van der Waals surface area contributed by atoms with E-state index in [2.05, 4.69) is 9.98 Å². The second-order valence-corrected chi connectivity index (χ2v) is 8.11. The van der Waals surface area contributed by atoms with Crippen molar-refractivity contribution in [2.24, 2.45) is 9.98 Å². The number of carbonyl (C=O) groups excluding carboxylic acids is 2. The summed E-state index contributed by atoms with van der Waals surface area (Å²) in [5.41, 5.74) is 2.87. The number of esters is 2. The zero-order valence-electron chi connectivity index (χ0n) is 17.4. The first kappa shape index (κ1) is 21.8. The van der Waals surface area contributed by atoms with Crippen LogP contribution in [0.5, 0.6) is 0 Å². The Hall–Kier alpha value is -4.00. The SMILES string of the molecule is O=C1OC(c2ccccc2Cl)=NC1=Cc1ccc(C=C2N=C(c3ccccc3Cl)OC2=O)cc1. The minimum Gasteiger partial charge on any atom is -0.402 e. The van der Waals surface area contributed by atoms with E-state index >= 15 is 0 Å². The van der Waals surface area contributed by atoms with Gasteiger partial charge in [-0.05, 0) is 47.5 Å². The summed E-state index contributed by atoms with van der Waals surface area (Å²) >= 11 is 12.3. The van der Waals surface area contributed by atoms with E-state index in [-0.39, 0.29) is 23.2 Å². The van der Waals surface area contributed by atoms with Crippen LogP contribution in [0.4, 0.5) is 0 Å². The Morgan fingerprint density at radius 2 is 0.971 bits per heavy atom. The highest BCUT2D eigenvalue weighted by molar-refractivity contribution is 6.35. The molecule has 5 rings (SSSR count). The zero-order valence-corrected chi connectivity index (χ0v) is 18.9. The minimum absolute atomic E-state index is 0.161. The van der Waals surface area contributed by atoms with Gasteiger partial charge in [-0.1, -0.05) is 71.7 Å². The van der Waals surface area contributed by atoms with Crippen LogP contribution in [-0.2, 0) is 19.1 Å². The molecule has 34 heavy (non-hydrogen) atoms. The molecule has 166 valence electrons. The van der Waals surface area contributed by atoms with Crippen molar-refractivity contribution in [1.29, 1.82) is 0 Å². The molecule has 0 radical (unpaired) electrons. The molecular weight excluding hydrogens is 475 g/mol. The lowest BCUT2D eigenvalue weighted by Gasteiger charge is -2.00. The quantitative estimate of drug-likeness (QED) is 0.349. The number of carbonyl (C=O) groups is 2. The molecule has 2 aliphatic heterocycles. The molecule has 0 saturated carbocycles. The van der Waals surface area contributed by atoms with Gasteiger partial charge in [-0.2, -0.15) is 0 Å². The molecule has 0 amide bonds. The minimum atomic E-state index is -0.559. The summed E-state index contributed by atoms with van der Waals surface area (Å²) in [6, 6.07) is 21.1. The molecule has 0 aromatic heterocycles. The Morgan fingerprint density at radius 1 is 0.588 bits per heavy atom. The standard InChI is InChI=1S/C26H14Cl2N2O4/c27-19-7-3-1-5-17(19)23-29-21(25(31)33-23)13-15-9-11-16(12-10-15)14-22-26(32)34-24(30-22)18-6-2-4-8-20(18)28/h1-14H. The molecule has 0 saturated heterocycles. The Bertz CT molecular complexity index is 1340. The van der Waals surface area contributed by atoms with E-state index in [4.69, 9.17) is 32.7 Å². The summed E-state index contributed by atoms with van der Waals surface area (Å²) in [6.07, 6.45) is 3.22. The smallest absolute Gasteiger partial charge is 0.363 e. The van der Waals surface area contributed by atoms with Crippen molar-refractivity contribution >= 4 is 59.1 Å². The molecule has 0 atom stereocenters. The van der Waals surface area contributed by atoms with E-state index in [9.17, 15) is 9.59 Å². The fraction of sp³-hybridized carbons (Fsp3) is 0. The van der Waals surface area contributed by atoms with Crippen LogP contribution in [0.3, 0.4) is 0 Å². The third kappa shape index (κ3) is 4.41. The van der Waals surface area contributed by atoms with Crippen LogP contribution in [0.15, 0.2) is 94.2 Å². The molecule has 0 spiro atoms. The molecule has 0 fully saturated rings. The largest absolute Gasteiger partial charge is 0.402 e. The maximum atomic E-state index is 12.2. The summed E-state index contributed by atoms with van der Waals surface area (Å²) in [6.45, 7) is 0. The highest BCUT2D eigenvalue weighted by Gasteiger charge is 2.26. The number of halogens is 2. The second kappa shape index (κ2) is 9.09. The number of benzene rings is 3. The van der Waals surface area contributed by atoms with Crippen LogP contribution in [0, 0.1) is 0 Å². The molecule has 2 aliphatic rings. The number of rotatable bonds is 4. The average Bonchev–Trinajstić information content (AvgIpc) is 3.37. The van der Waals surface area contributed by atoms with Gasteiger partial charge in [0.25, 0.3) is 0 Å². The van der Waals surface area contributed by atoms with Crippen LogP contribution < -0.4 is 0 Å². The number of cyclic esters (lactones) is 2.